The third-order valence-electron chi connectivity index (χ3n) is 6.60. The molecular formula is C20H29FN4O. The van der Waals surface area contributed by atoms with Crippen molar-refractivity contribution >= 4 is 11.6 Å². The second-order valence-corrected chi connectivity index (χ2v) is 7.88. The molecule has 3 aliphatic rings. The fourth-order valence-electron chi connectivity index (χ4n) is 4.92. The van der Waals surface area contributed by atoms with Crippen LogP contribution >= 0.6 is 0 Å². The Bertz CT molecular complexity index is 638. The number of amides is 1. The first-order valence-electron chi connectivity index (χ1n) is 9.90. The van der Waals surface area contributed by atoms with Gasteiger partial charge in [0, 0.05) is 32.7 Å². The molecule has 3 fully saturated rings. The lowest BCUT2D eigenvalue weighted by Crippen LogP contribution is -2.48. The number of piperidine rings is 1. The fourth-order valence-corrected chi connectivity index (χ4v) is 4.92. The van der Waals surface area contributed by atoms with E-state index in [0.29, 0.717) is 11.6 Å². The quantitative estimate of drug-likeness (QED) is 0.853. The maximum absolute atomic E-state index is 14.0. The van der Waals surface area contributed by atoms with E-state index in [9.17, 15) is 9.18 Å². The SMILES string of the molecule is O=C1NCC(CCN2CCN(c3ccccc3F)CC2)C12CCNCC2. The van der Waals surface area contributed by atoms with Crippen LogP contribution in [0.25, 0.3) is 0 Å². The van der Waals surface area contributed by atoms with Crippen molar-refractivity contribution in [2.45, 2.75) is 19.3 Å². The summed E-state index contributed by atoms with van der Waals surface area (Å²) in [5.74, 6) is 0.583. The number of nitrogens with zero attached hydrogens (tertiary/aromatic N) is 2. The van der Waals surface area contributed by atoms with Gasteiger partial charge in [0.15, 0.2) is 0 Å². The van der Waals surface area contributed by atoms with Crippen LogP contribution in [0, 0.1) is 17.2 Å². The van der Waals surface area contributed by atoms with Gasteiger partial charge in [-0.15, -0.1) is 0 Å². The van der Waals surface area contributed by atoms with Gasteiger partial charge in [-0.2, -0.15) is 0 Å². The molecule has 0 radical (unpaired) electrons. The van der Waals surface area contributed by atoms with Crippen LogP contribution in [0.1, 0.15) is 19.3 Å². The molecule has 1 aromatic rings. The second kappa shape index (κ2) is 7.53. The van der Waals surface area contributed by atoms with Crippen molar-refractivity contribution in [1.82, 2.24) is 15.5 Å². The number of hydrogen-bond donors (Lipinski definition) is 2. The molecule has 0 aliphatic carbocycles. The molecule has 5 nitrogen and oxygen atoms in total. The smallest absolute Gasteiger partial charge is 0.226 e. The Balaban J connectivity index is 1.30. The highest BCUT2D eigenvalue weighted by molar-refractivity contribution is 5.85. The summed E-state index contributed by atoms with van der Waals surface area (Å²) in [6.45, 7) is 7.38. The Morgan fingerprint density at radius 2 is 1.85 bits per heavy atom. The van der Waals surface area contributed by atoms with E-state index in [2.05, 4.69) is 20.4 Å². The molecule has 3 aliphatic heterocycles. The van der Waals surface area contributed by atoms with E-state index in [-0.39, 0.29) is 17.1 Å². The van der Waals surface area contributed by atoms with E-state index in [1.807, 2.05) is 12.1 Å². The lowest BCUT2D eigenvalue weighted by atomic mass is 9.69. The van der Waals surface area contributed by atoms with Gasteiger partial charge in [0.1, 0.15) is 5.82 Å². The lowest BCUT2D eigenvalue weighted by Gasteiger charge is -2.39. The molecule has 1 amide bonds. The predicted molar refractivity (Wildman–Crippen MR) is 101 cm³/mol. The molecule has 26 heavy (non-hydrogen) atoms. The Kier molecular flexibility index (Phi) is 5.14. The summed E-state index contributed by atoms with van der Waals surface area (Å²) in [5.41, 5.74) is 0.576. The third kappa shape index (κ3) is 3.32. The van der Waals surface area contributed by atoms with Crippen LogP contribution < -0.4 is 15.5 Å². The summed E-state index contributed by atoms with van der Waals surface area (Å²) in [4.78, 5) is 17.1. The Morgan fingerprint density at radius 1 is 1.12 bits per heavy atom. The Labute approximate surface area is 154 Å². The molecular weight excluding hydrogens is 331 g/mol. The molecule has 0 saturated carbocycles. The average Bonchev–Trinajstić information content (AvgIpc) is 2.97. The number of rotatable bonds is 4. The molecule has 2 N–H and O–H groups in total. The van der Waals surface area contributed by atoms with Gasteiger partial charge in [0.2, 0.25) is 5.91 Å². The van der Waals surface area contributed by atoms with E-state index >= 15 is 0 Å². The van der Waals surface area contributed by atoms with E-state index in [1.165, 1.54) is 6.07 Å². The van der Waals surface area contributed by atoms with Crippen molar-refractivity contribution in [3.05, 3.63) is 30.1 Å². The van der Waals surface area contributed by atoms with E-state index in [4.69, 9.17) is 0 Å². The number of halogens is 1. The van der Waals surface area contributed by atoms with Crippen molar-refractivity contribution in [3.8, 4) is 0 Å². The minimum atomic E-state index is -0.139. The number of benzene rings is 1. The summed E-state index contributed by atoms with van der Waals surface area (Å²) in [5, 5.41) is 6.50. The number of anilines is 1. The van der Waals surface area contributed by atoms with E-state index < -0.39 is 0 Å². The minimum Gasteiger partial charge on any atom is -0.367 e. The standard InChI is InChI=1S/C20H29FN4O/c21-17-3-1-2-4-18(17)25-13-11-24(12-14-25)10-5-16-15-23-19(26)20(16)6-8-22-9-7-20/h1-4,16,22H,5-15H2,(H,23,26). The van der Waals surface area contributed by atoms with Crippen LogP contribution in [0.4, 0.5) is 10.1 Å². The summed E-state index contributed by atoms with van der Waals surface area (Å²) in [6, 6.07) is 7.03. The predicted octanol–water partition coefficient (Wildman–Crippen LogP) is 1.45. The molecule has 3 saturated heterocycles. The normalized spacial score (nSPS) is 26.3. The zero-order chi connectivity index (χ0) is 18.0. The van der Waals surface area contributed by atoms with Gasteiger partial charge in [0.05, 0.1) is 11.1 Å². The minimum absolute atomic E-state index is 0.135. The molecule has 142 valence electrons. The van der Waals surface area contributed by atoms with Crippen LogP contribution in [0.15, 0.2) is 24.3 Å². The fraction of sp³-hybridized carbons (Fsp3) is 0.650. The molecule has 1 unspecified atom stereocenters. The topological polar surface area (TPSA) is 47.6 Å². The van der Waals surface area contributed by atoms with Crippen LogP contribution in [-0.4, -0.2) is 63.2 Å². The van der Waals surface area contributed by atoms with Crippen molar-refractivity contribution in [2.24, 2.45) is 11.3 Å². The van der Waals surface area contributed by atoms with Gasteiger partial charge in [0.25, 0.3) is 0 Å². The molecule has 0 aromatic heterocycles. The average molecular weight is 360 g/mol. The third-order valence-corrected chi connectivity index (χ3v) is 6.60. The monoisotopic (exact) mass is 360 g/mol. The highest BCUT2D eigenvalue weighted by Gasteiger charge is 2.49. The summed E-state index contributed by atoms with van der Waals surface area (Å²) in [6.07, 6.45) is 2.99. The highest BCUT2D eigenvalue weighted by atomic mass is 19.1. The van der Waals surface area contributed by atoms with Crippen LogP contribution in [-0.2, 0) is 4.79 Å². The number of hydrogen-bond acceptors (Lipinski definition) is 4. The van der Waals surface area contributed by atoms with Gasteiger partial charge in [-0.3, -0.25) is 9.69 Å². The molecule has 6 heteroatoms. The first kappa shape index (κ1) is 17.7. The Hall–Kier alpha value is -1.66. The first-order valence-corrected chi connectivity index (χ1v) is 9.90. The van der Waals surface area contributed by atoms with E-state index in [0.717, 1.165) is 71.6 Å². The van der Waals surface area contributed by atoms with Gasteiger partial charge in [-0.1, -0.05) is 12.1 Å². The zero-order valence-corrected chi connectivity index (χ0v) is 15.3. The van der Waals surface area contributed by atoms with Gasteiger partial charge in [-0.05, 0) is 56.9 Å². The highest BCUT2D eigenvalue weighted by Crippen LogP contribution is 2.42. The van der Waals surface area contributed by atoms with E-state index in [1.54, 1.807) is 6.07 Å². The molecule has 3 heterocycles. The molecule has 1 aromatic carbocycles. The van der Waals surface area contributed by atoms with Crippen molar-refractivity contribution in [3.63, 3.8) is 0 Å². The maximum atomic E-state index is 14.0. The van der Waals surface area contributed by atoms with Crippen LogP contribution in [0.2, 0.25) is 0 Å². The number of carbonyl (C=O) groups excluding carboxylic acids is 1. The first-order chi connectivity index (χ1) is 12.7. The van der Waals surface area contributed by atoms with Gasteiger partial charge >= 0.3 is 0 Å². The number of para-hydroxylation sites is 1. The number of carbonyl (C=O) groups is 1. The lowest BCUT2D eigenvalue weighted by molar-refractivity contribution is -0.130. The largest absolute Gasteiger partial charge is 0.367 e. The summed E-state index contributed by atoms with van der Waals surface area (Å²) in [7, 11) is 0. The van der Waals surface area contributed by atoms with Crippen LogP contribution in [0.3, 0.4) is 0 Å². The van der Waals surface area contributed by atoms with Crippen molar-refractivity contribution in [1.29, 1.82) is 0 Å². The maximum Gasteiger partial charge on any atom is 0.226 e. The number of nitrogens with one attached hydrogen (secondary N) is 2. The molecule has 0 bridgehead atoms. The molecule has 1 spiro atoms. The van der Waals surface area contributed by atoms with Crippen molar-refractivity contribution in [2.75, 3.05) is 57.3 Å². The van der Waals surface area contributed by atoms with Gasteiger partial charge < -0.3 is 15.5 Å². The van der Waals surface area contributed by atoms with Gasteiger partial charge in [-0.25, -0.2) is 4.39 Å². The molecule has 1 atom stereocenters. The summed E-state index contributed by atoms with van der Waals surface area (Å²) >= 11 is 0. The zero-order valence-electron chi connectivity index (χ0n) is 15.3. The summed E-state index contributed by atoms with van der Waals surface area (Å²) < 4.78 is 14.0. The van der Waals surface area contributed by atoms with Crippen molar-refractivity contribution < 1.29 is 9.18 Å². The molecule has 4 rings (SSSR count). The Morgan fingerprint density at radius 3 is 2.58 bits per heavy atom. The number of piperazine rings is 1. The second-order valence-electron chi connectivity index (χ2n) is 7.88. The van der Waals surface area contributed by atoms with Crippen LogP contribution in [0.5, 0.6) is 0 Å².